The predicted octanol–water partition coefficient (Wildman–Crippen LogP) is 6.07. The zero-order valence-electron chi connectivity index (χ0n) is 19.6. The number of aromatic nitrogens is 3. The molecule has 1 heterocycles. The smallest absolute Gasteiger partial charge is 0.246 e. The number of carbonyl (C=O) groups excluding carboxylic acids is 1. The normalized spacial score (nSPS) is 11.4. The summed E-state index contributed by atoms with van der Waals surface area (Å²) in [7, 11) is 0. The predicted molar refractivity (Wildman–Crippen MR) is 142 cm³/mol. The first-order chi connectivity index (χ1) is 16.8. The van der Waals surface area contributed by atoms with Gasteiger partial charge < -0.3 is 21.3 Å². The van der Waals surface area contributed by atoms with Crippen molar-refractivity contribution in [2.24, 2.45) is 0 Å². The fraction of sp³-hybridized carbons (Fsp3) is 0.154. The van der Waals surface area contributed by atoms with Gasteiger partial charge in [-0.2, -0.15) is 15.0 Å². The van der Waals surface area contributed by atoms with Gasteiger partial charge in [-0.1, -0.05) is 53.1 Å². The van der Waals surface area contributed by atoms with E-state index in [0.717, 1.165) is 22.5 Å². The Morgan fingerprint density at radius 2 is 1.26 bits per heavy atom. The van der Waals surface area contributed by atoms with E-state index in [1.807, 2.05) is 62.4 Å². The first-order valence-electron chi connectivity index (χ1n) is 11.1. The topological polar surface area (TPSA) is 104 Å². The highest BCUT2D eigenvalue weighted by molar-refractivity contribution is 6.30. The zero-order valence-corrected chi connectivity index (χ0v) is 20.4. The van der Waals surface area contributed by atoms with Gasteiger partial charge in [0.25, 0.3) is 0 Å². The third-order valence-electron chi connectivity index (χ3n) is 5.08. The van der Waals surface area contributed by atoms with Crippen molar-refractivity contribution in [3.8, 4) is 0 Å². The van der Waals surface area contributed by atoms with Crippen LogP contribution in [0, 0.1) is 13.8 Å². The second-order valence-electron chi connectivity index (χ2n) is 8.15. The van der Waals surface area contributed by atoms with Crippen molar-refractivity contribution in [3.05, 3.63) is 88.9 Å². The number of anilines is 6. The molecule has 4 aromatic rings. The number of nitrogens with one attached hydrogen (secondary N) is 4. The summed E-state index contributed by atoms with van der Waals surface area (Å²) in [4.78, 5) is 26.2. The Hall–Kier alpha value is -4.17. The lowest BCUT2D eigenvalue weighted by Gasteiger charge is -2.16. The van der Waals surface area contributed by atoms with Crippen LogP contribution in [0.25, 0.3) is 0 Å². The summed E-state index contributed by atoms with van der Waals surface area (Å²) in [5.41, 5.74) is 4.57. The summed E-state index contributed by atoms with van der Waals surface area (Å²) in [6.45, 7) is 5.77. The molecule has 0 radical (unpaired) electrons. The molecule has 1 aromatic heterocycles. The summed E-state index contributed by atoms with van der Waals surface area (Å²) >= 11 is 6.01. The summed E-state index contributed by atoms with van der Waals surface area (Å²) in [5, 5.41) is 12.8. The Labute approximate surface area is 209 Å². The third kappa shape index (κ3) is 6.91. The van der Waals surface area contributed by atoms with Crippen LogP contribution in [0.2, 0.25) is 5.02 Å². The van der Waals surface area contributed by atoms with Crippen LogP contribution in [0.3, 0.4) is 0 Å². The van der Waals surface area contributed by atoms with E-state index < -0.39 is 6.04 Å². The molecule has 0 unspecified atom stereocenters. The lowest BCUT2D eigenvalue weighted by molar-refractivity contribution is -0.116. The first-order valence-corrected chi connectivity index (χ1v) is 11.5. The molecule has 1 atom stereocenters. The van der Waals surface area contributed by atoms with Crippen LogP contribution < -0.4 is 21.3 Å². The monoisotopic (exact) mass is 487 g/mol. The molecule has 178 valence electrons. The largest absolute Gasteiger partial charge is 0.342 e. The van der Waals surface area contributed by atoms with Crippen molar-refractivity contribution >= 4 is 52.4 Å². The van der Waals surface area contributed by atoms with E-state index in [4.69, 9.17) is 11.6 Å². The number of nitrogens with zero attached hydrogens (tertiary/aromatic N) is 3. The molecule has 35 heavy (non-hydrogen) atoms. The van der Waals surface area contributed by atoms with Crippen LogP contribution >= 0.6 is 11.6 Å². The van der Waals surface area contributed by atoms with Gasteiger partial charge in [-0.05, 0) is 63.2 Å². The number of rotatable bonds is 8. The van der Waals surface area contributed by atoms with E-state index in [9.17, 15) is 4.79 Å². The second kappa shape index (κ2) is 10.8. The minimum Gasteiger partial charge on any atom is -0.342 e. The summed E-state index contributed by atoms with van der Waals surface area (Å²) in [5.74, 6) is 0.665. The number of benzene rings is 3. The maximum Gasteiger partial charge on any atom is 0.246 e. The summed E-state index contributed by atoms with van der Waals surface area (Å²) in [6.07, 6.45) is 0. The molecule has 0 fully saturated rings. The highest BCUT2D eigenvalue weighted by atomic mass is 35.5. The highest BCUT2D eigenvalue weighted by Crippen LogP contribution is 2.20. The maximum atomic E-state index is 12.7. The number of carbonyl (C=O) groups is 1. The maximum absolute atomic E-state index is 12.7. The van der Waals surface area contributed by atoms with Gasteiger partial charge in [-0.25, -0.2) is 0 Å². The average molecular weight is 488 g/mol. The SMILES string of the molecule is Cc1ccc(Nc2nc(Nc3ccc(C)cc3)nc(N[C@@H](C)C(=O)Nc3cccc(Cl)c3)n2)cc1. The van der Waals surface area contributed by atoms with Crippen LogP contribution in [0.4, 0.5) is 34.9 Å². The molecular weight excluding hydrogens is 462 g/mol. The molecule has 0 saturated carbocycles. The number of halogens is 1. The lowest BCUT2D eigenvalue weighted by Crippen LogP contribution is -2.32. The van der Waals surface area contributed by atoms with Crippen molar-refractivity contribution in [3.63, 3.8) is 0 Å². The lowest BCUT2D eigenvalue weighted by atomic mass is 10.2. The van der Waals surface area contributed by atoms with E-state index in [1.54, 1.807) is 31.2 Å². The van der Waals surface area contributed by atoms with Gasteiger partial charge in [0, 0.05) is 22.1 Å². The molecule has 4 N–H and O–H groups in total. The van der Waals surface area contributed by atoms with Gasteiger partial charge in [-0.3, -0.25) is 4.79 Å². The van der Waals surface area contributed by atoms with Gasteiger partial charge in [0.15, 0.2) is 0 Å². The van der Waals surface area contributed by atoms with Crippen molar-refractivity contribution < 1.29 is 4.79 Å². The zero-order chi connectivity index (χ0) is 24.8. The van der Waals surface area contributed by atoms with Crippen LogP contribution in [0.1, 0.15) is 18.1 Å². The molecule has 0 spiro atoms. The molecule has 3 aromatic carbocycles. The van der Waals surface area contributed by atoms with E-state index in [-0.39, 0.29) is 11.9 Å². The molecule has 0 bridgehead atoms. The van der Waals surface area contributed by atoms with Gasteiger partial charge in [0.05, 0.1) is 0 Å². The van der Waals surface area contributed by atoms with E-state index in [1.165, 1.54) is 0 Å². The summed E-state index contributed by atoms with van der Waals surface area (Å²) in [6, 6.07) is 22.1. The molecule has 9 heteroatoms. The molecular formula is C26H26ClN7O. The Kier molecular flexibility index (Phi) is 7.42. The Morgan fingerprint density at radius 1 is 0.743 bits per heavy atom. The minimum atomic E-state index is -0.629. The van der Waals surface area contributed by atoms with Crippen LogP contribution in [-0.2, 0) is 4.79 Å². The number of hydrogen-bond acceptors (Lipinski definition) is 7. The van der Waals surface area contributed by atoms with E-state index >= 15 is 0 Å². The van der Waals surface area contributed by atoms with E-state index in [0.29, 0.717) is 22.6 Å². The highest BCUT2D eigenvalue weighted by Gasteiger charge is 2.16. The molecule has 0 saturated heterocycles. The van der Waals surface area contributed by atoms with Crippen molar-refractivity contribution in [1.82, 2.24) is 15.0 Å². The Bertz CT molecular complexity index is 1240. The quantitative estimate of drug-likeness (QED) is 0.239. The molecule has 8 nitrogen and oxygen atoms in total. The Balaban J connectivity index is 1.55. The van der Waals surface area contributed by atoms with Crippen LogP contribution in [0.5, 0.6) is 0 Å². The number of hydrogen-bond donors (Lipinski definition) is 4. The van der Waals surface area contributed by atoms with Crippen LogP contribution in [-0.4, -0.2) is 26.9 Å². The van der Waals surface area contributed by atoms with Gasteiger partial charge >= 0.3 is 0 Å². The number of aryl methyl sites for hydroxylation is 2. The van der Waals surface area contributed by atoms with Gasteiger partial charge in [0.1, 0.15) is 6.04 Å². The standard InChI is InChI=1S/C26H26ClN7O/c1-16-7-11-20(12-8-16)30-25-32-24(33-26(34-25)31-21-13-9-17(2)10-14-21)28-18(3)23(35)29-22-6-4-5-19(27)15-22/h4-15,18H,1-3H3,(H,29,35)(H3,28,30,31,32,33,34)/t18-/m0/s1. The molecule has 1 amide bonds. The number of amides is 1. The molecule has 4 rings (SSSR count). The van der Waals surface area contributed by atoms with Gasteiger partial charge in [-0.15, -0.1) is 0 Å². The van der Waals surface area contributed by atoms with Crippen molar-refractivity contribution in [2.45, 2.75) is 26.8 Å². The summed E-state index contributed by atoms with van der Waals surface area (Å²) < 4.78 is 0. The first kappa shape index (κ1) is 24.0. The molecule has 0 aliphatic carbocycles. The fourth-order valence-electron chi connectivity index (χ4n) is 3.16. The van der Waals surface area contributed by atoms with Gasteiger partial charge in [0.2, 0.25) is 23.8 Å². The van der Waals surface area contributed by atoms with E-state index in [2.05, 4.69) is 36.2 Å². The average Bonchev–Trinajstić information content (AvgIpc) is 2.82. The minimum absolute atomic E-state index is 0.248. The second-order valence-corrected chi connectivity index (χ2v) is 8.59. The molecule has 0 aliphatic heterocycles. The molecule has 0 aliphatic rings. The van der Waals surface area contributed by atoms with Crippen LogP contribution in [0.15, 0.2) is 72.8 Å². The Morgan fingerprint density at radius 3 is 1.77 bits per heavy atom. The third-order valence-corrected chi connectivity index (χ3v) is 5.32. The van der Waals surface area contributed by atoms with Crippen molar-refractivity contribution in [1.29, 1.82) is 0 Å². The fourth-order valence-corrected chi connectivity index (χ4v) is 3.35. The van der Waals surface area contributed by atoms with Crippen molar-refractivity contribution in [2.75, 3.05) is 21.3 Å².